The second kappa shape index (κ2) is 7.87. The number of para-hydroxylation sites is 1. The smallest absolute Gasteiger partial charge is 0.272 e. The monoisotopic (exact) mass is 412 g/mol. The number of rotatable bonds is 5. The van der Waals surface area contributed by atoms with Gasteiger partial charge >= 0.3 is 0 Å². The van der Waals surface area contributed by atoms with Gasteiger partial charge in [-0.2, -0.15) is 5.10 Å². The van der Waals surface area contributed by atoms with Gasteiger partial charge in [-0.1, -0.05) is 25.1 Å². The second-order valence-corrected chi connectivity index (χ2v) is 9.53. The van der Waals surface area contributed by atoms with E-state index in [1.54, 1.807) is 19.1 Å². The molecular weight excluding hydrogens is 388 g/mol. The number of nitrogens with zero attached hydrogens (tertiary/aromatic N) is 2. The maximum Gasteiger partial charge on any atom is 0.272 e. The molecule has 0 bridgehead atoms. The summed E-state index contributed by atoms with van der Waals surface area (Å²) in [6, 6.07) is 14.7. The molecule has 29 heavy (non-hydrogen) atoms. The molecule has 152 valence electrons. The van der Waals surface area contributed by atoms with E-state index in [4.69, 9.17) is 0 Å². The minimum Gasteiger partial charge on any atom is -0.371 e. The van der Waals surface area contributed by atoms with Gasteiger partial charge in [-0.25, -0.2) is 8.42 Å². The third-order valence-corrected chi connectivity index (χ3v) is 7.21. The van der Waals surface area contributed by atoms with E-state index in [-0.39, 0.29) is 17.7 Å². The first-order valence-corrected chi connectivity index (χ1v) is 11.4. The number of carbonyl (C=O) groups excluding carboxylic acids is 1. The number of H-pyrrole nitrogens is 1. The van der Waals surface area contributed by atoms with Gasteiger partial charge in [0.2, 0.25) is 0 Å². The molecule has 3 aromatic rings. The molecule has 0 aliphatic carbocycles. The minimum absolute atomic E-state index is 0.0916. The lowest BCUT2D eigenvalue weighted by Gasteiger charge is -2.34. The Morgan fingerprint density at radius 1 is 1.14 bits per heavy atom. The normalized spacial score (nSPS) is 15.6. The molecule has 1 aromatic heterocycles. The predicted octanol–water partition coefficient (Wildman–Crippen LogP) is 2.76. The van der Waals surface area contributed by atoms with Crippen LogP contribution in [0.25, 0.3) is 10.9 Å². The van der Waals surface area contributed by atoms with E-state index in [1.165, 1.54) is 0 Å². The Labute approximate surface area is 170 Å². The highest BCUT2D eigenvalue weighted by Gasteiger charge is 2.23. The molecule has 0 saturated carbocycles. The van der Waals surface area contributed by atoms with Crippen LogP contribution in [0, 0.1) is 0 Å². The van der Waals surface area contributed by atoms with Gasteiger partial charge in [-0.05, 0) is 43.2 Å². The molecule has 2 aromatic carbocycles. The van der Waals surface area contributed by atoms with Gasteiger partial charge in [0.25, 0.3) is 5.91 Å². The molecule has 4 rings (SSSR count). The largest absolute Gasteiger partial charge is 0.371 e. The molecule has 0 radical (unpaired) electrons. The van der Waals surface area contributed by atoms with Crippen LogP contribution in [0.4, 0.5) is 5.69 Å². The van der Waals surface area contributed by atoms with Crippen molar-refractivity contribution >= 4 is 32.3 Å². The molecule has 2 heterocycles. The number of anilines is 1. The summed E-state index contributed by atoms with van der Waals surface area (Å²) in [5.74, 6) is -0.0575. The minimum atomic E-state index is -3.18. The first kappa shape index (κ1) is 19.4. The standard InChI is InChI=1S/C21H24N4O3S/c1-2-29(27,28)17-9-7-16(8-10-17)25-13-11-15(12-14-25)22-21(26)20-18-5-3-4-6-19(18)23-24-20/h3-10,15H,2,11-14H2,1H3,(H,22,26)(H,23,24). The van der Waals surface area contributed by atoms with E-state index in [0.717, 1.165) is 42.5 Å². The summed E-state index contributed by atoms with van der Waals surface area (Å²) in [4.78, 5) is 15.2. The second-order valence-electron chi connectivity index (χ2n) is 7.25. The summed E-state index contributed by atoms with van der Waals surface area (Å²) in [5, 5.41) is 11.0. The number of aromatic amines is 1. The Morgan fingerprint density at radius 3 is 2.52 bits per heavy atom. The summed E-state index contributed by atoms with van der Waals surface area (Å²) >= 11 is 0. The molecule has 1 saturated heterocycles. The van der Waals surface area contributed by atoms with Crippen molar-refractivity contribution in [3.05, 3.63) is 54.2 Å². The molecule has 0 spiro atoms. The van der Waals surface area contributed by atoms with Gasteiger partial charge in [0.05, 0.1) is 16.2 Å². The van der Waals surface area contributed by atoms with Gasteiger partial charge in [-0.15, -0.1) is 0 Å². The van der Waals surface area contributed by atoms with Gasteiger partial charge in [0.1, 0.15) is 0 Å². The average molecular weight is 413 g/mol. The number of amides is 1. The van der Waals surface area contributed by atoms with Gasteiger partial charge in [0.15, 0.2) is 15.5 Å². The zero-order valence-corrected chi connectivity index (χ0v) is 17.1. The number of sulfone groups is 1. The van der Waals surface area contributed by atoms with Crippen LogP contribution in [0.5, 0.6) is 0 Å². The number of aromatic nitrogens is 2. The average Bonchev–Trinajstić information content (AvgIpc) is 3.19. The number of hydrogen-bond donors (Lipinski definition) is 2. The van der Waals surface area contributed by atoms with Gasteiger partial charge < -0.3 is 10.2 Å². The van der Waals surface area contributed by atoms with E-state index in [1.807, 2.05) is 36.4 Å². The molecule has 0 atom stereocenters. The fraction of sp³-hybridized carbons (Fsp3) is 0.333. The van der Waals surface area contributed by atoms with Crippen LogP contribution in [0.1, 0.15) is 30.3 Å². The SMILES string of the molecule is CCS(=O)(=O)c1ccc(N2CCC(NC(=O)c3n[nH]c4ccccc34)CC2)cc1. The fourth-order valence-corrected chi connectivity index (χ4v) is 4.59. The van der Waals surface area contributed by atoms with E-state index < -0.39 is 9.84 Å². The zero-order valence-electron chi connectivity index (χ0n) is 16.3. The lowest BCUT2D eigenvalue weighted by Crippen LogP contribution is -2.44. The van der Waals surface area contributed by atoms with Crippen LogP contribution in [0.2, 0.25) is 0 Å². The van der Waals surface area contributed by atoms with Crippen molar-refractivity contribution in [2.24, 2.45) is 0 Å². The third-order valence-electron chi connectivity index (χ3n) is 5.46. The van der Waals surface area contributed by atoms with Crippen LogP contribution in [0.3, 0.4) is 0 Å². The quantitative estimate of drug-likeness (QED) is 0.672. The zero-order chi connectivity index (χ0) is 20.4. The Kier molecular flexibility index (Phi) is 5.27. The summed E-state index contributed by atoms with van der Waals surface area (Å²) in [6.07, 6.45) is 1.65. The van der Waals surface area contributed by atoms with E-state index in [0.29, 0.717) is 10.6 Å². The highest BCUT2D eigenvalue weighted by Crippen LogP contribution is 2.23. The fourth-order valence-electron chi connectivity index (χ4n) is 3.70. The first-order chi connectivity index (χ1) is 14.0. The van der Waals surface area contributed by atoms with Gasteiger partial charge in [0, 0.05) is 30.2 Å². The van der Waals surface area contributed by atoms with Crippen LogP contribution < -0.4 is 10.2 Å². The van der Waals surface area contributed by atoms with E-state index in [9.17, 15) is 13.2 Å². The summed E-state index contributed by atoms with van der Waals surface area (Å²) in [5.41, 5.74) is 2.28. The predicted molar refractivity (Wildman–Crippen MR) is 113 cm³/mol. The lowest BCUT2D eigenvalue weighted by atomic mass is 10.0. The van der Waals surface area contributed by atoms with Crippen LogP contribution in [-0.2, 0) is 9.84 Å². The summed E-state index contributed by atoms with van der Waals surface area (Å²) in [7, 11) is -3.18. The van der Waals surface area contributed by atoms with Crippen molar-refractivity contribution < 1.29 is 13.2 Å². The van der Waals surface area contributed by atoms with E-state index >= 15 is 0 Å². The molecule has 1 aliphatic rings. The lowest BCUT2D eigenvalue weighted by molar-refractivity contribution is 0.0927. The summed E-state index contributed by atoms with van der Waals surface area (Å²) < 4.78 is 23.9. The Balaban J connectivity index is 1.36. The Hall–Kier alpha value is -2.87. The molecule has 1 fully saturated rings. The van der Waals surface area contributed by atoms with Crippen molar-refractivity contribution in [2.45, 2.75) is 30.7 Å². The Morgan fingerprint density at radius 2 is 1.83 bits per heavy atom. The number of piperidine rings is 1. The maximum atomic E-state index is 12.6. The van der Waals surface area contributed by atoms with Gasteiger partial charge in [-0.3, -0.25) is 9.89 Å². The first-order valence-electron chi connectivity index (χ1n) is 9.79. The topological polar surface area (TPSA) is 95.2 Å². The highest BCUT2D eigenvalue weighted by atomic mass is 32.2. The van der Waals surface area contributed by atoms with Crippen LogP contribution >= 0.6 is 0 Å². The number of hydrogen-bond acceptors (Lipinski definition) is 5. The molecule has 1 aliphatic heterocycles. The van der Waals surface area contributed by atoms with Crippen LogP contribution in [0.15, 0.2) is 53.4 Å². The molecule has 7 nitrogen and oxygen atoms in total. The van der Waals surface area contributed by atoms with Crippen molar-refractivity contribution in [2.75, 3.05) is 23.7 Å². The molecule has 0 unspecified atom stereocenters. The molecule has 2 N–H and O–H groups in total. The third kappa shape index (κ3) is 3.98. The highest BCUT2D eigenvalue weighted by molar-refractivity contribution is 7.91. The molecular formula is C21H24N4O3S. The maximum absolute atomic E-state index is 12.6. The molecule has 1 amide bonds. The Bertz CT molecular complexity index is 1110. The number of carbonyl (C=O) groups is 1. The van der Waals surface area contributed by atoms with Crippen molar-refractivity contribution in [1.29, 1.82) is 0 Å². The van der Waals surface area contributed by atoms with Crippen molar-refractivity contribution in [3.63, 3.8) is 0 Å². The van der Waals surface area contributed by atoms with Crippen molar-refractivity contribution in [1.82, 2.24) is 15.5 Å². The van der Waals surface area contributed by atoms with Crippen LogP contribution in [-0.4, -0.2) is 49.4 Å². The van der Waals surface area contributed by atoms with Crippen molar-refractivity contribution in [3.8, 4) is 0 Å². The number of benzene rings is 2. The number of nitrogens with one attached hydrogen (secondary N) is 2. The summed E-state index contributed by atoms with van der Waals surface area (Å²) in [6.45, 7) is 3.24. The number of fused-ring (bicyclic) bond motifs is 1. The van der Waals surface area contributed by atoms with E-state index in [2.05, 4.69) is 20.4 Å². The molecule has 8 heteroatoms.